The van der Waals surface area contributed by atoms with Crippen molar-refractivity contribution < 1.29 is 14.3 Å². The molecule has 1 amide bonds. The number of rotatable bonds is 3. The van der Waals surface area contributed by atoms with E-state index in [1.807, 2.05) is 30.3 Å². The summed E-state index contributed by atoms with van der Waals surface area (Å²) in [4.78, 5) is 13.5. The molecule has 2 rings (SSSR count). The van der Waals surface area contributed by atoms with Gasteiger partial charge in [0, 0.05) is 13.1 Å². The van der Waals surface area contributed by atoms with Gasteiger partial charge in [-0.05, 0) is 5.56 Å². The predicted molar refractivity (Wildman–Crippen MR) is 74.2 cm³/mol. The van der Waals surface area contributed by atoms with Crippen molar-refractivity contribution in [3.8, 4) is 0 Å². The van der Waals surface area contributed by atoms with Gasteiger partial charge in [0.1, 0.15) is 6.61 Å². The van der Waals surface area contributed by atoms with Crippen molar-refractivity contribution in [3.05, 3.63) is 35.9 Å². The number of carbonyl (C=O) groups is 1. The fourth-order valence-corrected chi connectivity index (χ4v) is 1.84. The van der Waals surface area contributed by atoms with Crippen LogP contribution in [0.2, 0.25) is 0 Å². The number of morpholine rings is 1. The van der Waals surface area contributed by atoms with Gasteiger partial charge in [-0.3, -0.25) is 0 Å². The molecule has 1 aromatic rings. The van der Waals surface area contributed by atoms with Crippen molar-refractivity contribution in [2.45, 2.75) is 12.7 Å². The number of ether oxygens (including phenoxy) is 2. The van der Waals surface area contributed by atoms with E-state index in [-0.39, 0.29) is 24.6 Å². The molecule has 0 saturated carbocycles. The summed E-state index contributed by atoms with van der Waals surface area (Å²) in [5.74, 6) is 0. The van der Waals surface area contributed by atoms with Crippen LogP contribution in [0.4, 0.5) is 4.79 Å². The minimum atomic E-state index is -0.305. The first kappa shape index (κ1) is 15.8. The van der Waals surface area contributed by atoms with Crippen LogP contribution in [-0.2, 0) is 16.1 Å². The SMILES string of the molecule is Cl.NCC1CN(C(=O)OCc2ccccc2)CCO1. The molecule has 1 saturated heterocycles. The van der Waals surface area contributed by atoms with Crippen LogP contribution in [0.3, 0.4) is 0 Å². The van der Waals surface area contributed by atoms with Gasteiger partial charge in [0.2, 0.25) is 0 Å². The highest BCUT2D eigenvalue weighted by Crippen LogP contribution is 2.08. The lowest BCUT2D eigenvalue weighted by Crippen LogP contribution is -2.48. The zero-order chi connectivity index (χ0) is 12.8. The van der Waals surface area contributed by atoms with E-state index in [0.717, 1.165) is 5.56 Å². The Kier molecular flexibility index (Phi) is 6.62. The zero-order valence-electron chi connectivity index (χ0n) is 10.7. The largest absolute Gasteiger partial charge is 0.445 e. The van der Waals surface area contributed by atoms with Gasteiger partial charge in [-0.25, -0.2) is 4.79 Å². The van der Waals surface area contributed by atoms with E-state index in [1.54, 1.807) is 4.90 Å². The monoisotopic (exact) mass is 286 g/mol. The molecular weight excluding hydrogens is 268 g/mol. The lowest BCUT2D eigenvalue weighted by atomic mass is 10.2. The van der Waals surface area contributed by atoms with Gasteiger partial charge in [-0.2, -0.15) is 0 Å². The summed E-state index contributed by atoms with van der Waals surface area (Å²) in [7, 11) is 0. The molecule has 1 unspecified atom stereocenters. The molecular formula is C13H19ClN2O3. The van der Waals surface area contributed by atoms with Gasteiger partial charge in [0.15, 0.2) is 0 Å². The molecule has 0 radical (unpaired) electrons. The highest BCUT2D eigenvalue weighted by molar-refractivity contribution is 5.85. The van der Waals surface area contributed by atoms with Gasteiger partial charge in [0.05, 0.1) is 19.3 Å². The van der Waals surface area contributed by atoms with Crippen LogP contribution in [0.1, 0.15) is 5.56 Å². The fraction of sp³-hybridized carbons (Fsp3) is 0.462. The first-order valence-corrected chi connectivity index (χ1v) is 6.07. The molecule has 106 valence electrons. The van der Waals surface area contributed by atoms with E-state index < -0.39 is 0 Å². The number of amides is 1. The van der Waals surface area contributed by atoms with Crippen molar-refractivity contribution in [3.63, 3.8) is 0 Å². The van der Waals surface area contributed by atoms with E-state index in [4.69, 9.17) is 15.2 Å². The van der Waals surface area contributed by atoms with E-state index in [0.29, 0.717) is 32.8 Å². The Morgan fingerprint density at radius 1 is 1.42 bits per heavy atom. The number of carbonyl (C=O) groups excluding carboxylic acids is 1. The number of nitrogens with two attached hydrogens (primary N) is 1. The van der Waals surface area contributed by atoms with Crippen LogP contribution in [0.15, 0.2) is 30.3 Å². The molecule has 19 heavy (non-hydrogen) atoms. The number of halogens is 1. The van der Waals surface area contributed by atoms with Crippen LogP contribution >= 0.6 is 12.4 Å². The Labute approximate surface area is 119 Å². The molecule has 0 aromatic heterocycles. The maximum absolute atomic E-state index is 11.8. The number of hydrogen-bond acceptors (Lipinski definition) is 4. The van der Waals surface area contributed by atoms with Gasteiger partial charge in [0.25, 0.3) is 0 Å². The molecule has 0 aliphatic carbocycles. The van der Waals surface area contributed by atoms with Crippen molar-refractivity contribution in [1.82, 2.24) is 4.90 Å². The molecule has 0 spiro atoms. The summed E-state index contributed by atoms with van der Waals surface area (Å²) in [6, 6.07) is 9.62. The van der Waals surface area contributed by atoms with Crippen molar-refractivity contribution >= 4 is 18.5 Å². The first-order valence-electron chi connectivity index (χ1n) is 6.07. The molecule has 6 heteroatoms. The zero-order valence-corrected chi connectivity index (χ0v) is 11.5. The fourth-order valence-electron chi connectivity index (χ4n) is 1.84. The molecule has 5 nitrogen and oxygen atoms in total. The summed E-state index contributed by atoms with van der Waals surface area (Å²) in [6.07, 6.45) is -0.386. The van der Waals surface area contributed by atoms with Crippen LogP contribution in [-0.4, -0.2) is 43.3 Å². The lowest BCUT2D eigenvalue weighted by Gasteiger charge is -2.31. The lowest BCUT2D eigenvalue weighted by molar-refractivity contribution is -0.0235. The van der Waals surface area contributed by atoms with Crippen LogP contribution in [0, 0.1) is 0 Å². The van der Waals surface area contributed by atoms with Gasteiger partial charge in [-0.15, -0.1) is 12.4 Å². The quantitative estimate of drug-likeness (QED) is 0.912. The highest BCUT2D eigenvalue weighted by atomic mass is 35.5. The summed E-state index contributed by atoms with van der Waals surface area (Å²) < 4.78 is 10.6. The third-order valence-electron chi connectivity index (χ3n) is 2.87. The number of hydrogen-bond donors (Lipinski definition) is 1. The van der Waals surface area contributed by atoms with Crippen LogP contribution < -0.4 is 5.73 Å². The average Bonchev–Trinajstić information content (AvgIpc) is 2.46. The molecule has 1 heterocycles. The first-order chi connectivity index (χ1) is 8.79. The maximum atomic E-state index is 11.8. The Hall–Kier alpha value is -1.30. The maximum Gasteiger partial charge on any atom is 0.410 e. The molecule has 1 aromatic carbocycles. The van der Waals surface area contributed by atoms with E-state index in [1.165, 1.54) is 0 Å². The van der Waals surface area contributed by atoms with Crippen LogP contribution in [0.25, 0.3) is 0 Å². The second-order valence-corrected chi connectivity index (χ2v) is 4.21. The van der Waals surface area contributed by atoms with Gasteiger partial charge in [-0.1, -0.05) is 30.3 Å². The standard InChI is InChI=1S/C13H18N2O3.ClH/c14-8-12-9-15(6-7-17-12)13(16)18-10-11-4-2-1-3-5-11;/h1-5,12H,6-10,14H2;1H. The number of nitrogens with zero attached hydrogens (tertiary/aromatic N) is 1. The summed E-state index contributed by atoms with van der Waals surface area (Å²) in [5, 5.41) is 0. The third-order valence-corrected chi connectivity index (χ3v) is 2.87. The van der Waals surface area contributed by atoms with Crippen molar-refractivity contribution in [2.75, 3.05) is 26.2 Å². The summed E-state index contributed by atoms with van der Waals surface area (Å²) in [5.41, 5.74) is 6.51. The third kappa shape index (κ3) is 4.70. The molecule has 1 fully saturated rings. The van der Waals surface area contributed by atoms with E-state index in [2.05, 4.69) is 0 Å². The highest BCUT2D eigenvalue weighted by Gasteiger charge is 2.24. The molecule has 1 atom stereocenters. The average molecular weight is 287 g/mol. The minimum absolute atomic E-state index is 0. The predicted octanol–water partition coefficient (Wildman–Crippen LogP) is 1.40. The van der Waals surface area contributed by atoms with Gasteiger partial charge >= 0.3 is 6.09 Å². The Balaban J connectivity index is 0.00000180. The molecule has 1 aliphatic rings. The molecule has 0 bridgehead atoms. The summed E-state index contributed by atoms with van der Waals surface area (Å²) in [6.45, 7) is 2.29. The molecule has 1 aliphatic heterocycles. The number of benzene rings is 1. The Bertz CT molecular complexity index is 389. The second kappa shape index (κ2) is 7.99. The van der Waals surface area contributed by atoms with Crippen molar-refractivity contribution in [2.24, 2.45) is 5.73 Å². The van der Waals surface area contributed by atoms with E-state index >= 15 is 0 Å². The van der Waals surface area contributed by atoms with Gasteiger partial charge < -0.3 is 20.1 Å². The summed E-state index contributed by atoms with van der Waals surface area (Å²) >= 11 is 0. The Morgan fingerprint density at radius 3 is 2.84 bits per heavy atom. The van der Waals surface area contributed by atoms with Crippen LogP contribution in [0.5, 0.6) is 0 Å². The Morgan fingerprint density at radius 2 is 2.16 bits per heavy atom. The normalized spacial score (nSPS) is 18.6. The molecule has 2 N–H and O–H groups in total. The van der Waals surface area contributed by atoms with Crippen molar-refractivity contribution in [1.29, 1.82) is 0 Å². The smallest absolute Gasteiger partial charge is 0.410 e. The topological polar surface area (TPSA) is 64.8 Å². The van der Waals surface area contributed by atoms with E-state index in [9.17, 15) is 4.79 Å². The minimum Gasteiger partial charge on any atom is -0.445 e. The second-order valence-electron chi connectivity index (χ2n) is 4.21.